The van der Waals surface area contributed by atoms with E-state index in [9.17, 15) is 14.4 Å². The van der Waals surface area contributed by atoms with Gasteiger partial charge in [-0.05, 0) is 40.7 Å². The maximum absolute atomic E-state index is 14.4. The lowest BCUT2D eigenvalue weighted by Gasteiger charge is -2.45. The summed E-state index contributed by atoms with van der Waals surface area (Å²) in [7, 11) is 0. The summed E-state index contributed by atoms with van der Waals surface area (Å²) in [6, 6.07) is 25.6. The highest BCUT2D eigenvalue weighted by atomic mass is 16.2. The number of benzene rings is 3. The Labute approximate surface area is 223 Å². The average molecular weight is 505 g/mol. The molecule has 0 spiro atoms. The van der Waals surface area contributed by atoms with Gasteiger partial charge in [-0.1, -0.05) is 91.7 Å². The molecule has 0 aromatic heterocycles. The highest BCUT2D eigenvalue weighted by molar-refractivity contribution is 6.10. The van der Waals surface area contributed by atoms with E-state index in [1.807, 2.05) is 59.5 Å². The summed E-state index contributed by atoms with van der Waals surface area (Å²) >= 11 is 0. The molecule has 0 radical (unpaired) electrons. The van der Waals surface area contributed by atoms with Crippen LogP contribution in [-0.4, -0.2) is 46.7 Å². The number of carbonyl (C=O) groups is 3. The molecule has 0 N–H and O–H groups in total. The summed E-state index contributed by atoms with van der Waals surface area (Å²) in [4.78, 5) is 46.2. The van der Waals surface area contributed by atoms with Gasteiger partial charge < -0.3 is 4.90 Å². The smallest absolute Gasteiger partial charge is 0.246 e. The first-order valence-corrected chi connectivity index (χ1v) is 14.0. The number of carbonyl (C=O) groups excluding carboxylic acids is 3. The molecule has 2 fully saturated rings. The fourth-order valence-corrected chi connectivity index (χ4v) is 7.64. The van der Waals surface area contributed by atoms with Crippen LogP contribution >= 0.6 is 0 Å². The number of hydrogen-bond donors (Lipinski definition) is 0. The fraction of sp³-hybridized carbons (Fsp3) is 0.364. The first kappa shape index (κ1) is 23.4. The number of nitrogens with zero attached hydrogens (tertiary/aromatic N) is 2. The normalized spacial score (nSPS) is 26.4. The molecule has 5 heteroatoms. The van der Waals surface area contributed by atoms with Crippen molar-refractivity contribution in [3.05, 3.63) is 107 Å². The van der Waals surface area contributed by atoms with Crippen LogP contribution in [0.2, 0.25) is 0 Å². The Morgan fingerprint density at radius 2 is 1.11 bits per heavy atom. The van der Waals surface area contributed by atoms with E-state index >= 15 is 0 Å². The Hall–Kier alpha value is -3.73. The van der Waals surface area contributed by atoms with Crippen molar-refractivity contribution >= 4 is 17.7 Å². The van der Waals surface area contributed by atoms with E-state index in [2.05, 4.69) is 24.3 Å². The minimum atomic E-state index is -0.813. The van der Waals surface area contributed by atoms with Crippen molar-refractivity contribution in [1.29, 1.82) is 0 Å². The van der Waals surface area contributed by atoms with Crippen molar-refractivity contribution in [3.8, 4) is 0 Å². The summed E-state index contributed by atoms with van der Waals surface area (Å²) in [6.45, 7) is 1.38. The van der Waals surface area contributed by atoms with E-state index in [1.165, 1.54) is 4.90 Å². The fourth-order valence-electron chi connectivity index (χ4n) is 7.64. The summed E-state index contributed by atoms with van der Waals surface area (Å²) in [6.07, 6.45) is 4.50. The molecule has 3 atom stereocenters. The van der Waals surface area contributed by atoms with Gasteiger partial charge in [0.25, 0.3) is 0 Å². The largest absolute Gasteiger partial charge is 0.341 e. The molecule has 3 amide bonds. The highest BCUT2D eigenvalue weighted by Crippen LogP contribution is 2.61. The zero-order chi connectivity index (χ0) is 25.8. The molecule has 5 aliphatic rings. The lowest BCUT2D eigenvalue weighted by atomic mass is 9.55. The topological polar surface area (TPSA) is 57.7 Å². The van der Waals surface area contributed by atoms with Crippen LogP contribution in [-0.2, 0) is 20.8 Å². The number of rotatable bonds is 4. The molecule has 192 valence electrons. The quantitative estimate of drug-likeness (QED) is 0.476. The zero-order valence-corrected chi connectivity index (χ0v) is 21.5. The third kappa shape index (κ3) is 3.48. The van der Waals surface area contributed by atoms with Crippen LogP contribution in [0.4, 0.5) is 0 Å². The van der Waals surface area contributed by atoms with Crippen molar-refractivity contribution in [3.63, 3.8) is 0 Å². The summed E-state index contributed by atoms with van der Waals surface area (Å²) in [5, 5.41) is 0. The van der Waals surface area contributed by atoms with Crippen LogP contribution in [0.15, 0.2) is 78.9 Å². The van der Waals surface area contributed by atoms with Gasteiger partial charge in [0.2, 0.25) is 17.7 Å². The summed E-state index contributed by atoms with van der Waals surface area (Å²) in [5.41, 5.74) is 5.57. The average Bonchev–Trinajstić information content (AvgIpc) is 3.12. The van der Waals surface area contributed by atoms with Crippen LogP contribution < -0.4 is 0 Å². The van der Waals surface area contributed by atoms with Crippen LogP contribution in [0.5, 0.6) is 0 Å². The summed E-state index contributed by atoms with van der Waals surface area (Å²) < 4.78 is 0. The molecule has 3 aromatic rings. The van der Waals surface area contributed by atoms with E-state index in [-0.39, 0.29) is 29.6 Å². The Bertz CT molecular complexity index is 1290. The molecule has 3 aromatic carbocycles. The van der Waals surface area contributed by atoms with Gasteiger partial charge in [0.15, 0.2) is 0 Å². The molecule has 3 aliphatic carbocycles. The van der Waals surface area contributed by atoms with Crippen LogP contribution in [0.3, 0.4) is 0 Å². The lowest BCUT2D eigenvalue weighted by Crippen LogP contribution is -2.52. The molecule has 38 heavy (non-hydrogen) atoms. The van der Waals surface area contributed by atoms with Gasteiger partial charge in [0.1, 0.15) is 6.04 Å². The van der Waals surface area contributed by atoms with Crippen molar-refractivity contribution in [2.75, 3.05) is 13.1 Å². The minimum absolute atomic E-state index is 0.0847. The molecular formula is C33H32N2O3. The van der Waals surface area contributed by atoms with Gasteiger partial charge in [0.05, 0.1) is 11.8 Å². The number of likely N-dealkylation sites (tertiary alicyclic amines) is 2. The number of imide groups is 1. The van der Waals surface area contributed by atoms with Crippen LogP contribution in [0, 0.1) is 11.8 Å². The Kier molecular flexibility index (Phi) is 5.68. The first-order chi connectivity index (χ1) is 18.6. The van der Waals surface area contributed by atoms with E-state index in [1.54, 1.807) is 0 Å². The lowest BCUT2D eigenvalue weighted by molar-refractivity contribution is -0.151. The van der Waals surface area contributed by atoms with E-state index < -0.39 is 17.9 Å². The monoisotopic (exact) mass is 504 g/mol. The molecule has 8 rings (SSSR count). The second-order valence-electron chi connectivity index (χ2n) is 11.3. The SMILES string of the molecule is O=C([C@H](Cc1ccccc1)N1C(=O)[C@@H]2C3c4ccccc4C(c4ccccc43)[C@H]2C1=O)N1CCCCCC1. The first-order valence-electron chi connectivity index (χ1n) is 14.0. The van der Waals surface area contributed by atoms with Crippen molar-refractivity contribution in [2.24, 2.45) is 11.8 Å². The van der Waals surface area contributed by atoms with E-state index in [0.717, 1.165) is 53.5 Å². The molecule has 2 heterocycles. The molecule has 2 saturated heterocycles. The maximum Gasteiger partial charge on any atom is 0.246 e. The predicted molar refractivity (Wildman–Crippen MR) is 144 cm³/mol. The molecule has 0 unspecified atom stereocenters. The molecular weight excluding hydrogens is 472 g/mol. The standard InChI is InChI=1S/C33H32N2O3/c36-31(34-18-10-1-2-11-19-34)26(20-21-12-4-3-5-13-21)35-32(37)29-27-22-14-6-7-15-23(22)28(30(29)33(35)38)25-17-9-8-16-24(25)27/h3-9,12-17,26-30H,1-2,10-11,18-20H2/t26-,27?,28?,29+,30+/m0/s1. The number of amides is 3. The van der Waals surface area contributed by atoms with Crippen molar-refractivity contribution in [2.45, 2.75) is 50.0 Å². The Morgan fingerprint density at radius 3 is 1.58 bits per heavy atom. The maximum atomic E-state index is 14.4. The molecule has 0 saturated carbocycles. The van der Waals surface area contributed by atoms with Crippen LogP contribution in [0.25, 0.3) is 0 Å². The second kappa shape index (κ2) is 9.23. The molecule has 5 nitrogen and oxygen atoms in total. The Balaban J connectivity index is 1.32. The van der Waals surface area contributed by atoms with Gasteiger partial charge in [-0.25, -0.2) is 0 Å². The zero-order valence-electron chi connectivity index (χ0n) is 21.5. The van der Waals surface area contributed by atoms with Crippen molar-refractivity contribution in [1.82, 2.24) is 9.80 Å². The number of hydrogen-bond acceptors (Lipinski definition) is 3. The predicted octanol–water partition coefficient (Wildman–Crippen LogP) is 4.89. The minimum Gasteiger partial charge on any atom is -0.341 e. The van der Waals surface area contributed by atoms with Crippen molar-refractivity contribution < 1.29 is 14.4 Å². The highest BCUT2D eigenvalue weighted by Gasteiger charge is 2.63. The van der Waals surface area contributed by atoms with E-state index in [4.69, 9.17) is 0 Å². The van der Waals surface area contributed by atoms with Gasteiger partial charge >= 0.3 is 0 Å². The third-order valence-corrected chi connectivity index (χ3v) is 9.27. The Morgan fingerprint density at radius 1 is 0.658 bits per heavy atom. The molecule has 2 bridgehead atoms. The van der Waals surface area contributed by atoms with Gasteiger partial charge in [0, 0.05) is 31.3 Å². The van der Waals surface area contributed by atoms with Crippen LogP contribution in [0.1, 0.15) is 65.3 Å². The van der Waals surface area contributed by atoms with Gasteiger partial charge in [-0.15, -0.1) is 0 Å². The van der Waals surface area contributed by atoms with Gasteiger partial charge in [-0.2, -0.15) is 0 Å². The second-order valence-corrected chi connectivity index (χ2v) is 11.3. The third-order valence-electron chi connectivity index (χ3n) is 9.27. The summed E-state index contributed by atoms with van der Waals surface area (Å²) in [5.74, 6) is -1.70. The molecule has 2 aliphatic heterocycles. The van der Waals surface area contributed by atoms with E-state index in [0.29, 0.717) is 19.5 Å². The van der Waals surface area contributed by atoms with Gasteiger partial charge in [-0.3, -0.25) is 19.3 Å².